The van der Waals surface area contributed by atoms with Gasteiger partial charge >= 0.3 is 0 Å². The highest BCUT2D eigenvalue weighted by molar-refractivity contribution is 14.1. The molecule has 1 rings (SSSR count). The van der Waals surface area contributed by atoms with Crippen LogP contribution in [-0.4, -0.2) is 5.11 Å². The van der Waals surface area contributed by atoms with Crippen LogP contribution in [0.3, 0.4) is 0 Å². The van der Waals surface area contributed by atoms with E-state index in [-0.39, 0.29) is 5.82 Å². The minimum atomic E-state index is -0.475. The summed E-state index contributed by atoms with van der Waals surface area (Å²) in [6, 6.07) is 4.43. The molecule has 12 heavy (non-hydrogen) atoms. The Morgan fingerprint density at radius 3 is 2.75 bits per heavy atom. The highest BCUT2D eigenvalue weighted by atomic mass is 127. The van der Waals surface area contributed by atoms with Crippen molar-refractivity contribution >= 4 is 22.6 Å². The van der Waals surface area contributed by atoms with Gasteiger partial charge in [0.2, 0.25) is 0 Å². The second-order valence-corrected chi connectivity index (χ2v) is 3.75. The SMILES string of the molecule is CCC(O)c1ccc(F)cc1I. The van der Waals surface area contributed by atoms with Gasteiger partial charge in [0.25, 0.3) is 0 Å². The number of hydrogen-bond acceptors (Lipinski definition) is 1. The summed E-state index contributed by atoms with van der Waals surface area (Å²) in [4.78, 5) is 0. The summed E-state index contributed by atoms with van der Waals surface area (Å²) in [6.07, 6.45) is 0.180. The van der Waals surface area contributed by atoms with Crippen molar-refractivity contribution in [3.05, 3.63) is 33.1 Å². The summed E-state index contributed by atoms with van der Waals surface area (Å²) in [6.45, 7) is 1.89. The first-order valence-corrected chi connectivity index (χ1v) is 4.86. The van der Waals surface area contributed by atoms with E-state index in [2.05, 4.69) is 0 Å². The molecule has 0 amide bonds. The molecule has 0 saturated carbocycles. The van der Waals surface area contributed by atoms with Crippen molar-refractivity contribution in [2.24, 2.45) is 0 Å². The maximum atomic E-state index is 12.6. The molecule has 0 spiro atoms. The fourth-order valence-corrected chi connectivity index (χ4v) is 1.83. The molecule has 66 valence electrons. The van der Waals surface area contributed by atoms with Crippen LogP contribution in [0.4, 0.5) is 4.39 Å². The molecular weight excluding hydrogens is 270 g/mol. The van der Waals surface area contributed by atoms with Gasteiger partial charge in [0.05, 0.1) is 6.10 Å². The largest absolute Gasteiger partial charge is 0.388 e. The molecule has 0 radical (unpaired) electrons. The number of aliphatic hydroxyl groups excluding tert-OH is 1. The summed E-state index contributed by atoms with van der Waals surface area (Å²) in [5.41, 5.74) is 0.805. The van der Waals surface area contributed by atoms with Gasteiger partial charge in [0, 0.05) is 3.57 Å². The maximum Gasteiger partial charge on any atom is 0.124 e. The lowest BCUT2D eigenvalue weighted by molar-refractivity contribution is 0.172. The van der Waals surface area contributed by atoms with E-state index in [1.165, 1.54) is 12.1 Å². The summed E-state index contributed by atoms with van der Waals surface area (Å²) in [7, 11) is 0. The fourth-order valence-electron chi connectivity index (χ4n) is 0.992. The van der Waals surface area contributed by atoms with Crippen LogP contribution in [0.2, 0.25) is 0 Å². The lowest BCUT2D eigenvalue weighted by atomic mass is 10.1. The van der Waals surface area contributed by atoms with Gasteiger partial charge < -0.3 is 5.11 Å². The third-order valence-corrected chi connectivity index (χ3v) is 2.64. The zero-order valence-electron chi connectivity index (χ0n) is 6.72. The number of aliphatic hydroxyl groups is 1. The predicted molar refractivity (Wildman–Crippen MR) is 54.4 cm³/mol. The molecule has 0 aliphatic carbocycles. The Hall–Kier alpha value is -0.160. The normalized spacial score (nSPS) is 13.0. The van der Waals surface area contributed by atoms with E-state index in [1.54, 1.807) is 6.07 Å². The predicted octanol–water partition coefficient (Wildman–Crippen LogP) is 2.87. The first kappa shape index (κ1) is 9.92. The van der Waals surface area contributed by atoms with Gasteiger partial charge in [-0.15, -0.1) is 0 Å². The minimum absolute atomic E-state index is 0.258. The number of halogens is 2. The van der Waals surface area contributed by atoms with Gasteiger partial charge in [-0.2, -0.15) is 0 Å². The molecule has 0 aliphatic heterocycles. The first-order valence-electron chi connectivity index (χ1n) is 3.78. The average Bonchev–Trinajstić information content (AvgIpc) is 2.03. The van der Waals surface area contributed by atoms with Crippen molar-refractivity contribution in [3.8, 4) is 0 Å². The Morgan fingerprint density at radius 1 is 1.58 bits per heavy atom. The second-order valence-electron chi connectivity index (χ2n) is 2.59. The highest BCUT2D eigenvalue weighted by Crippen LogP contribution is 2.22. The van der Waals surface area contributed by atoms with E-state index < -0.39 is 6.10 Å². The summed E-state index contributed by atoms with van der Waals surface area (Å²) < 4.78 is 13.4. The molecule has 0 heterocycles. The van der Waals surface area contributed by atoms with Crippen LogP contribution >= 0.6 is 22.6 Å². The Labute approximate surface area is 84.7 Å². The Morgan fingerprint density at radius 2 is 2.25 bits per heavy atom. The molecule has 1 unspecified atom stereocenters. The van der Waals surface area contributed by atoms with Crippen LogP contribution < -0.4 is 0 Å². The van der Waals surface area contributed by atoms with E-state index in [0.717, 1.165) is 9.13 Å². The van der Waals surface area contributed by atoms with Gasteiger partial charge in [-0.1, -0.05) is 13.0 Å². The maximum absolute atomic E-state index is 12.6. The summed E-state index contributed by atoms with van der Waals surface area (Å²) in [5.74, 6) is -0.258. The van der Waals surface area contributed by atoms with E-state index in [0.29, 0.717) is 6.42 Å². The number of rotatable bonds is 2. The standard InChI is InChI=1S/C9H10FIO/c1-2-9(12)7-4-3-6(10)5-8(7)11/h3-5,9,12H,2H2,1H3. The van der Waals surface area contributed by atoms with E-state index in [9.17, 15) is 9.50 Å². The van der Waals surface area contributed by atoms with E-state index >= 15 is 0 Å². The molecular formula is C9H10FIO. The summed E-state index contributed by atoms with van der Waals surface area (Å²) in [5, 5.41) is 9.47. The Balaban J connectivity index is 3.01. The van der Waals surface area contributed by atoms with Gasteiger partial charge in [-0.25, -0.2) is 4.39 Å². The molecule has 3 heteroatoms. The van der Waals surface area contributed by atoms with Crippen molar-refractivity contribution in [2.45, 2.75) is 19.4 Å². The van der Waals surface area contributed by atoms with Crippen LogP contribution in [-0.2, 0) is 0 Å². The molecule has 1 atom stereocenters. The molecule has 1 aromatic rings. The second kappa shape index (κ2) is 4.18. The van der Waals surface area contributed by atoms with Gasteiger partial charge in [0.15, 0.2) is 0 Å². The first-order chi connectivity index (χ1) is 5.65. The van der Waals surface area contributed by atoms with Crippen molar-refractivity contribution in [3.63, 3.8) is 0 Å². The van der Waals surface area contributed by atoms with Gasteiger partial charge in [-0.05, 0) is 46.7 Å². The van der Waals surface area contributed by atoms with Crippen LogP contribution in [0.1, 0.15) is 25.0 Å². The summed E-state index contributed by atoms with van der Waals surface area (Å²) >= 11 is 2.02. The molecule has 1 aromatic carbocycles. The van der Waals surface area contributed by atoms with Gasteiger partial charge in [0.1, 0.15) is 5.82 Å². The van der Waals surface area contributed by atoms with E-state index in [1.807, 2.05) is 29.5 Å². The lowest BCUT2D eigenvalue weighted by Crippen LogP contribution is -1.98. The molecule has 0 fully saturated rings. The van der Waals surface area contributed by atoms with Crippen LogP contribution in [0.25, 0.3) is 0 Å². The van der Waals surface area contributed by atoms with Gasteiger partial charge in [-0.3, -0.25) is 0 Å². The third kappa shape index (κ3) is 2.17. The minimum Gasteiger partial charge on any atom is -0.388 e. The monoisotopic (exact) mass is 280 g/mol. The molecule has 0 aliphatic rings. The molecule has 0 aromatic heterocycles. The van der Waals surface area contributed by atoms with E-state index in [4.69, 9.17) is 0 Å². The average molecular weight is 280 g/mol. The van der Waals surface area contributed by atoms with Crippen LogP contribution in [0.5, 0.6) is 0 Å². The molecule has 1 N–H and O–H groups in total. The zero-order chi connectivity index (χ0) is 9.14. The van der Waals surface area contributed by atoms with Crippen LogP contribution in [0.15, 0.2) is 18.2 Å². The quantitative estimate of drug-likeness (QED) is 0.826. The number of hydrogen-bond donors (Lipinski definition) is 1. The Bertz CT molecular complexity index is 275. The molecule has 0 saturated heterocycles. The van der Waals surface area contributed by atoms with Crippen LogP contribution in [0, 0.1) is 9.39 Å². The van der Waals surface area contributed by atoms with Crippen molar-refractivity contribution < 1.29 is 9.50 Å². The van der Waals surface area contributed by atoms with Crippen molar-refractivity contribution in [1.82, 2.24) is 0 Å². The smallest absolute Gasteiger partial charge is 0.124 e. The van der Waals surface area contributed by atoms with Crippen molar-refractivity contribution in [1.29, 1.82) is 0 Å². The Kier molecular flexibility index (Phi) is 3.46. The highest BCUT2D eigenvalue weighted by Gasteiger charge is 2.08. The number of benzene rings is 1. The molecule has 0 bridgehead atoms. The zero-order valence-corrected chi connectivity index (χ0v) is 8.88. The lowest BCUT2D eigenvalue weighted by Gasteiger charge is -2.09. The third-order valence-electron chi connectivity index (χ3n) is 1.71. The van der Waals surface area contributed by atoms with Crippen molar-refractivity contribution in [2.75, 3.05) is 0 Å². The fraction of sp³-hybridized carbons (Fsp3) is 0.333. The topological polar surface area (TPSA) is 20.2 Å². The molecule has 1 nitrogen and oxygen atoms in total.